The lowest BCUT2D eigenvalue weighted by Crippen LogP contribution is -2.40. The second kappa shape index (κ2) is 6.71. The fraction of sp³-hybridized carbons (Fsp3) is 0.176. The van der Waals surface area contributed by atoms with Crippen LogP contribution < -0.4 is 15.4 Å². The molecule has 2 aromatic carbocycles. The van der Waals surface area contributed by atoms with E-state index in [1.165, 1.54) is 0 Å². The molecular formula is C17H15ClN2O3. The molecule has 0 bridgehead atoms. The molecule has 1 aliphatic heterocycles. The van der Waals surface area contributed by atoms with Crippen LogP contribution in [0.4, 0.5) is 5.69 Å². The molecule has 0 spiro atoms. The van der Waals surface area contributed by atoms with Gasteiger partial charge in [-0.3, -0.25) is 9.59 Å². The van der Waals surface area contributed by atoms with Crippen LogP contribution >= 0.6 is 11.6 Å². The molecule has 0 saturated carbocycles. The molecule has 2 N–H and O–H groups in total. The van der Waals surface area contributed by atoms with Gasteiger partial charge in [0.2, 0.25) is 5.91 Å². The summed E-state index contributed by atoms with van der Waals surface area (Å²) < 4.78 is 5.59. The topological polar surface area (TPSA) is 67.4 Å². The van der Waals surface area contributed by atoms with Crippen molar-refractivity contribution >= 4 is 29.1 Å². The van der Waals surface area contributed by atoms with Gasteiger partial charge >= 0.3 is 0 Å². The molecule has 0 fully saturated rings. The quantitative estimate of drug-likeness (QED) is 0.905. The van der Waals surface area contributed by atoms with E-state index < -0.39 is 6.10 Å². The number of ether oxygens (including phenoxy) is 1. The summed E-state index contributed by atoms with van der Waals surface area (Å²) in [7, 11) is 0. The van der Waals surface area contributed by atoms with E-state index in [1.807, 2.05) is 24.3 Å². The van der Waals surface area contributed by atoms with Crippen LogP contribution in [0, 0.1) is 0 Å². The SMILES string of the molecule is O=C(C[C@H]1Oc2ccccc2NC1=O)NCc1ccc(Cl)cc1. The molecule has 0 aliphatic carbocycles. The van der Waals surface area contributed by atoms with Gasteiger partial charge in [0, 0.05) is 11.6 Å². The average Bonchev–Trinajstić information content (AvgIpc) is 2.55. The van der Waals surface area contributed by atoms with Crippen LogP contribution in [0.1, 0.15) is 12.0 Å². The van der Waals surface area contributed by atoms with Gasteiger partial charge in [0.05, 0.1) is 12.1 Å². The first-order valence-corrected chi connectivity index (χ1v) is 7.57. The minimum Gasteiger partial charge on any atom is -0.478 e. The predicted molar refractivity (Wildman–Crippen MR) is 87.4 cm³/mol. The zero-order chi connectivity index (χ0) is 16.2. The smallest absolute Gasteiger partial charge is 0.266 e. The number of para-hydroxylation sites is 2. The van der Waals surface area contributed by atoms with Crippen molar-refractivity contribution < 1.29 is 14.3 Å². The Labute approximate surface area is 138 Å². The molecule has 5 nitrogen and oxygen atoms in total. The van der Waals surface area contributed by atoms with E-state index in [-0.39, 0.29) is 18.2 Å². The number of nitrogens with one attached hydrogen (secondary N) is 2. The number of halogens is 1. The van der Waals surface area contributed by atoms with E-state index >= 15 is 0 Å². The Morgan fingerprint density at radius 3 is 2.70 bits per heavy atom. The number of carbonyl (C=O) groups excluding carboxylic acids is 2. The Kier molecular flexibility index (Phi) is 4.48. The van der Waals surface area contributed by atoms with Crippen molar-refractivity contribution in [3.05, 3.63) is 59.1 Å². The second-order valence-electron chi connectivity index (χ2n) is 5.20. The maximum atomic E-state index is 12.0. The highest BCUT2D eigenvalue weighted by Gasteiger charge is 2.29. The van der Waals surface area contributed by atoms with Gasteiger partial charge in [-0.15, -0.1) is 0 Å². The maximum Gasteiger partial charge on any atom is 0.266 e. The van der Waals surface area contributed by atoms with Crippen LogP contribution in [0.5, 0.6) is 5.75 Å². The Hall–Kier alpha value is -2.53. The Bertz CT molecular complexity index is 731. The summed E-state index contributed by atoms with van der Waals surface area (Å²) in [5.41, 5.74) is 1.55. The summed E-state index contributed by atoms with van der Waals surface area (Å²) in [6.07, 6.45) is -0.858. The molecule has 0 radical (unpaired) electrons. The van der Waals surface area contributed by atoms with E-state index in [0.29, 0.717) is 23.0 Å². The monoisotopic (exact) mass is 330 g/mol. The lowest BCUT2D eigenvalue weighted by Gasteiger charge is -2.25. The van der Waals surface area contributed by atoms with Gasteiger partial charge in [0.15, 0.2) is 6.10 Å². The van der Waals surface area contributed by atoms with Gasteiger partial charge in [-0.2, -0.15) is 0 Å². The average molecular weight is 331 g/mol. The first-order valence-electron chi connectivity index (χ1n) is 7.19. The van der Waals surface area contributed by atoms with Crippen LogP contribution in [-0.2, 0) is 16.1 Å². The highest BCUT2D eigenvalue weighted by atomic mass is 35.5. The number of rotatable bonds is 4. The summed E-state index contributed by atoms with van der Waals surface area (Å²) >= 11 is 5.81. The molecule has 2 amide bonds. The van der Waals surface area contributed by atoms with E-state index in [0.717, 1.165) is 5.56 Å². The lowest BCUT2D eigenvalue weighted by molar-refractivity contribution is -0.130. The Morgan fingerprint density at radius 2 is 1.91 bits per heavy atom. The summed E-state index contributed by atoms with van der Waals surface area (Å²) in [6, 6.07) is 14.3. The fourth-order valence-electron chi connectivity index (χ4n) is 2.27. The standard InChI is InChI=1S/C17H15ClN2O3/c18-12-7-5-11(6-8-12)10-19-16(21)9-15-17(22)20-13-3-1-2-4-14(13)23-15/h1-8,15H,9-10H2,(H,19,21)(H,20,22)/t15-/m1/s1. The van der Waals surface area contributed by atoms with E-state index in [9.17, 15) is 9.59 Å². The normalized spacial score (nSPS) is 16.0. The number of carbonyl (C=O) groups is 2. The third-order valence-corrected chi connectivity index (χ3v) is 3.73. The molecule has 1 atom stereocenters. The Morgan fingerprint density at radius 1 is 1.17 bits per heavy atom. The second-order valence-corrected chi connectivity index (χ2v) is 5.64. The zero-order valence-corrected chi connectivity index (χ0v) is 13.0. The number of fused-ring (bicyclic) bond motifs is 1. The van der Waals surface area contributed by atoms with Gasteiger partial charge in [-0.25, -0.2) is 0 Å². The molecule has 1 aliphatic rings. The third kappa shape index (κ3) is 3.81. The van der Waals surface area contributed by atoms with Gasteiger partial charge in [0.1, 0.15) is 5.75 Å². The maximum absolute atomic E-state index is 12.0. The lowest BCUT2D eigenvalue weighted by atomic mass is 10.1. The van der Waals surface area contributed by atoms with Crippen molar-refractivity contribution in [2.24, 2.45) is 0 Å². The Balaban J connectivity index is 1.56. The van der Waals surface area contributed by atoms with Crippen molar-refractivity contribution in [1.29, 1.82) is 0 Å². The highest BCUT2D eigenvalue weighted by molar-refractivity contribution is 6.30. The minimum absolute atomic E-state index is 0.0340. The summed E-state index contributed by atoms with van der Waals surface area (Å²) in [5.74, 6) is 0.00688. The van der Waals surface area contributed by atoms with Crippen molar-refractivity contribution in [3.8, 4) is 5.75 Å². The number of benzene rings is 2. The third-order valence-electron chi connectivity index (χ3n) is 3.48. The summed E-state index contributed by atoms with van der Waals surface area (Å²) in [4.78, 5) is 24.0. The van der Waals surface area contributed by atoms with Gasteiger partial charge in [0.25, 0.3) is 5.91 Å². The largest absolute Gasteiger partial charge is 0.478 e. The van der Waals surface area contributed by atoms with E-state index in [4.69, 9.17) is 16.3 Å². The molecule has 118 valence electrons. The van der Waals surface area contributed by atoms with Gasteiger partial charge in [-0.1, -0.05) is 35.9 Å². The van der Waals surface area contributed by atoms with Crippen molar-refractivity contribution in [2.75, 3.05) is 5.32 Å². The van der Waals surface area contributed by atoms with Crippen LogP contribution in [0.3, 0.4) is 0 Å². The molecule has 0 unspecified atom stereocenters. The zero-order valence-electron chi connectivity index (χ0n) is 12.2. The molecule has 1 heterocycles. The summed E-state index contributed by atoms with van der Waals surface area (Å²) in [5, 5.41) is 6.15. The molecule has 2 aromatic rings. The summed E-state index contributed by atoms with van der Waals surface area (Å²) in [6.45, 7) is 0.376. The van der Waals surface area contributed by atoms with Crippen molar-refractivity contribution in [3.63, 3.8) is 0 Å². The van der Waals surface area contributed by atoms with Crippen LogP contribution in [0.2, 0.25) is 5.02 Å². The van der Waals surface area contributed by atoms with Crippen molar-refractivity contribution in [1.82, 2.24) is 5.32 Å². The number of hydrogen-bond acceptors (Lipinski definition) is 3. The molecule has 3 rings (SSSR count). The number of anilines is 1. The van der Waals surface area contributed by atoms with Crippen molar-refractivity contribution in [2.45, 2.75) is 19.1 Å². The van der Waals surface area contributed by atoms with Gasteiger partial charge in [-0.05, 0) is 29.8 Å². The van der Waals surface area contributed by atoms with E-state index in [2.05, 4.69) is 10.6 Å². The molecular weight excluding hydrogens is 316 g/mol. The van der Waals surface area contributed by atoms with Crippen LogP contribution in [0.25, 0.3) is 0 Å². The molecule has 0 saturated heterocycles. The first kappa shape index (κ1) is 15.4. The van der Waals surface area contributed by atoms with Crippen LogP contribution in [0.15, 0.2) is 48.5 Å². The van der Waals surface area contributed by atoms with Gasteiger partial charge < -0.3 is 15.4 Å². The van der Waals surface area contributed by atoms with Crippen LogP contribution in [-0.4, -0.2) is 17.9 Å². The fourth-order valence-corrected chi connectivity index (χ4v) is 2.40. The highest BCUT2D eigenvalue weighted by Crippen LogP contribution is 2.29. The molecule has 6 heteroatoms. The predicted octanol–water partition coefficient (Wildman–Crippen LogP) is 2.75. The minimum atomic E-state index is -0.824. The molecule has 0 aromatic heterocycles. The number of amides is 2. The molecule has 23 heavy (non-hydrogen) atoms. The van der Waals surface area contributed by atoms with E-state index in [1.54, 1.807) is 24.3 Å². The number of hydrogen-bond donors (Lipinski definition) is 2. The first-order chi connectivity index (χ1) is 11.1.